The van der Waals surface area contributed by atoms with Gasteiger partial charge in [0, 0.05) is 12.0 Å². The number of aryl methyl sites for hydroxylation is 1. The highest BCUT2D eigenvalue weighted by molar-refractivity contribution is 5.66. The van der Waals surface area contributed by atoms with Crippen LogP contribution in [0.15, 0.2) is 48.7 Å². The molecule has 0 N–H and O–H groups in total. The average molecular weight is 377 g/mol. The molecule has 2 aliphatic heterocycles. The summed E-state index contributed by atoms with van der Waals surface area (Å²) in [5.74, 6) is 3.88. The Hall–Kier alpha value is -2.95. The van der Waals surface area contributed by atoms with Crippen LogP contribution in [0.4, 0.5) is 0 Å². The van der Waals surface area contributed by atoms with Crippen molar-refractivity contribution in [1.29, 1.82) is 0 Å². The zero-order valence-corrected chi connectivity index (χ0v) is 16.2. The fourth-order valence-corrected chi connectivity index (χ4v) is 4.16. The SMILES string of the molecule is COc1ccc(-n2c(-c3ccc4c(c3)OCCO4)c[n+]3c2CCCCC3)cc1. The molecule has 0 bridgehead atoms. The Kier molecular flexibility index (Phi) is 4.43. The fraction of sp³-hybridized carbons (Fsp3) is 0.348. The Bertz CT molecular complexity index is 992. The molecule has 3 heterocycles. The summed E-state index contributed by atoms with van der Waals surface area (Å²) in [6.07, 6.45) is 7.10. The predicted octanol–water partition coefficient (Wildman–Crippen LogP) is 3.94. The van der Waals surface area contributed by atoms with Gasteiger partial charge in [-0.15, -0.1) is 0 Å². The molecule has 28 heavy (non-hydrogen) atoms. The number of imidazole rings is 1. The molecule has 2 aromatic carbocycles. The number of nitrogens with zero attached hydrogens (tertiary/aromatic N) is 2. The van der Waals surface area contributed by atoms with Gasteiger partial charge in [-0.25, -0.2) is 4.57 Å². The molecule has 3 aromatic rings. The maximum absolute atomic E-state index is 5.83. The average Bonchev–Trinajstić information content (AvgIpc) is 2.96. The number of hydrogen-bond donors (Lipinski definition) is 0. The van der Waals surface area contributed by atoms with Crippen molar-refractivity contribution in [3.63, 3.8) is 0 Å². The lowest BCUT2D eigenvalue weighted by atomic mass is 10.1. The molecule has 5 rings (SSSR count). The van der Waals surface area contributed by atoms with Gasteiger partial charge < -0.3 is 14.2 Å². The van der Waals surface area contributed by atoms with Crippen LogP contribution in [0.1, 0.15) is 25.1 Å². The first-order chi connectivity index (χ1) is 13.8. The van der Waals surface area contributed by atoms with E-state index in [0.717, 1.165) is 41.5 Å². The molecule has 0 amide bonds. The summed E-state index contributed by atoms with van der Waals surface area (Å²) in [5.41, 5.74) is 3.47. The second-order valence-corrected chi connectivity index (χ2v) is 7.33. The summed E-state index contributed by atoms with van der Waals surface area (Å²) in [6.45, 7) is 2.27. The first kappa shape index (κ1) is 17.2. The van der Waals surface area contributed by atoms with Gasteiger partial charge in [0.25, 0.3) is 5.82 Å². The van der Waals surface area contributed by atoms with Gasteiger partial charge in [0.2, 0.25) is 0 Å². The third-order valence-corrected chi connectivity index (χ3v) is 5.58. The number of benzene rings is 2. The van der Waals surface area contributed by atoms with E-state index in [4.69, 9.17) is 14.2 Å². The van der Waals surface area contributed by atoms with Gasteiger partial charge in [-0.2, -0.15) is 4.57 Å². The Balaban J connectivity index is 1.66. The van der Waals surface area contributed by atoms with Crippen LogP contribution in [0.5, 0.6) is 17.2 Å². The molecule has 0 atom stereocenters. The van der Waals surface area contributed by atoms with Crippen LogP contribution in [0, 0.1) is 0 Å². The van der Waals surface area contributed by atoms with Crippen molar-refractivity contribution in [3.05, 3.63) is 54.5 Å². The van der Waals surface area contributed by atoms with Crippen LogP contribution in [0.25, 0.3) is 16.9 Å². The largest absolute Gasteiger partial charge is 0.497 e. The lowest BCUT2D eigenvalue weighted by Crippen LogP contribution is -2.35. The van der Waals surface area contributed by atoms with E-state index >= 15 is 0 Å². The molecule has 0 spiro atoms. The van der Waals surface area contributed by atoms with Gasteiger partial charge in [-0.1, -0.05) is 0 Å². The highest BCUT2D eigenvalue weighted by Crippen LogP contribution is 2.36. The topological polar surface area (TPSA) is 36.5 Å². The van der Waals surface area contributed by atoms with Crippen LogP contribution in [-0.2, 0) is 13.0 Å². The molecule has 5 nitrogen and oxygen atoms in total. The summed E-state index contributed by atoms with van der Waals surface area (Å²) in [4.78, 5) is 0. The first-order valence-electron chi connectivity index (χ1n) is 10.0. The van der Waals surface area contributed by atoms with Crippen molar-refractivity contribution in [3.8, 4) is 34.2 Å². The summed E-state index contributed by atoms with van der Waals surface area (Å²) in [5, 5.41) is 0. The smallest absolute Gasteiger partial charge is 0.262 e. The van der Waals surface area contributed by atoms with Gasteiger partial charge in [-0.3, -0.25) is 0 Å². The lowest BCUT2D eigenvalue weighted by molar-refractivity contribution is -0.702. The van der Waals surface area contributed by atoms with Crippen molar-refractivity contribution in [2.24, 2.45) is 0 Å². The monoisotopic (exact) mass is 377 g/mol. The normalized spacial score (nSPS) is 15.6. The zero-order chi connectivity index (χ0) is 18.9. The maximum Gasteiger partial charge on any atom is 0.262 e. The van der Waals surface area contributed by atoms with Crippen molar-refractivity contribution >= 4 is 0 Å². The fourth-order valence-electron chi connectivity index (χ4n) is 4.16. The molecule has 2 aliphatic rings. The number of hydrogen-bond acceptors (Lipinski definition) is 3. The Morgan fingerprint density at radius 1 is 0.929 bits per heavy atom. The summed E-state index contributed by atoms with van der Waals surface area (Å²) in [6, 6.07) is 14.6. The zero-order valence-electron chi connectivity index (χ0n) is 16.2. The molecule has 0 radical (unpaired) electrons. The molecule has 1 aromatic heterocycles. The predicted molar refractivity (Wildman–Crippen MR) is 106 cm³/mol. The molecule has 0 saturated heterocycles. The van der Waals surface area contributed by atoms with Gasteiger partial charge in [0.05, 0.1) is 13.7 Å². The molecule has 0 aliphatic carbocycles. The molecular formula is C23H25N2O3+. The van der Waals surface area contributed by atoms with E-state index in [1.54, 1.807) is 7.11 Å². The Morgan fingerprint density at radius 2 is 1.75 bits per heavy atom. The van der Waals surface area contributed by atoms with Crippen molar-refractivity contribution in [2.45, 2.75) is 32.2 Å². The van der Waals surface area contributed by atoms with Crippen LogP contribution in [0.3, 0.4) is 0 Å². The lowest BCUT2D eigenvalue weighted by Gasteiger charge is -2.18. The number of rotatable bonds is 3. The summed E-state index contributed by atoms with van der Waals surface area (Å²) in [7, 11) is 1.70. The third kappa shape index (κ3) is 3.01. The van der Waals surface area contributed by atoms with Crippen LogP contribution in [0.2, 0.25) is 0 Å². The van der Waals surface area contributed by atoms with Crippen LogP contribution in [-0.4, -0.2) is 24.9 Å². The van der Waals surface area contributed by atoms with E-state index in [2.05, 4.69) is 39.6 Å². The molecule has 0 saturated carbocycles. The minimum Gasteiger partial charge on any atom is -0.497 e. The van der Waals surface area contributed by atoms with E-state index in [0.29, 0.717) is 13.2 Å². The number of fused-ring (bicyclic) bond motifs is 2. The minimum absolute atomic E-state index is 0.598. The Labute approximate surface area is 165 Å². The maximum atomic E-state index is 5.83. The second kappa shape index (κ2) is 7.23. The molecule has 5 heteroatoms. The number of methoxy groups -OCH3 is 1. The van der Waals surface area contributed by atoms with Gasteiger partial charge in [0.15, 0.2) is 17.2 Å². The second-order valence-electron chi connectivity index (χ2n) is 7.33. The van der Waals surface area contributed by atoms with E-state index in [1.165, 1.54) is 30.8 Å². The van der Waals surface area contributed by atoms with Gasteiger partial charge >= 0.3 is 0 Å². The first-order valence-corrected chi connectivity index (χ1v) is 10.0. The molecule has 144 valence electrons. The van der Waals surface area contributed by atoms with E-state index < -0.39 is 0 Å². The quantitative estimate of drug-likeness (QED) is 0.649. The molecule has 0 unspecified atom stereocenters. The van der Waals surface area contributed by atoms with Crippen molar-refractivity contribution in [1.82, 2.24) is 4.57 Å². The minimum atomic E-state index is 0.598. The third-order valence-electron chi connectivity index (χ3n) is 5.58. The molecule has 0 fully saturated rings. The standard InChI is InChI=1S/C23H25N2O3/c1-26-19-9-7-18(8-10-19)25-20(16-24-12-4-2-3-5-23(24)25)17-6-11-21-22(15-17)28-14-13-27-21/h6-11,15-16H,2-5,12-14H2,1H3/q+1. The number of aromatic nitrogens is 2. The van der Waals surface area contributed by atoms with E-state index in [9.17, 15) is 0 Å². The molecular weight excluding hydrogens is 352 g/mol. The van der Waals surface area contributed by atoms with Crippen molar-refractivity contribution < 1.29 is 18.8 Å². The summed E-state index contributed by atoms with van der Waals surface area (Å²) < 4.78 is 21.7. The highest BCUT2D eigenvalue weighted by Gasteiger charge is 2.28. The number of ether oxygens (including phenoxy) is 3. The van der Waals surface area contributed by atoms with E-state index in [-0.39, 0.29) is 0 Å². The highest BCUT2D eigenvalue weighted by atomic mass is 16.6. The Morgan fingerprint density at radius 3 is 2.57 bits per heavy atom. The van der Waals surface area contributed by atoms with Crippen LogP contribution >= 0.6 is 0 Å². The van der Waals surface area contributed by atoms with Gasteiger partial charge in [-0.05, 0) is 61.7 Å². The van der Waals surface area contributed by atoms with Crippen molar-refractivity contribution in [2.75, 3.05) is 20.3 Å². The summed E-state index contributed by atoms with van der Waals surface area (Å²) >= 11 is 0. The van der Waals surface area contributed by atoms with Gasteiger partial charge in [0.1, 0.15) is 30.8 Å². The van der Waals surface area contributed by atoms with Crippen LogP contribution < -0.4 is 18.8 Å². The van der Waals surface area contributed by atoms with E-state index in [1.807, 2.05) is 18.2 Å².